The number of likely N-dealkylation sites (tertiary alicyclic amines) is 1. The predicted molar refractivity (Wildman–Crippen MR) is 92.4 cm³/mol. The van der Waals surface area contributed by atoms with Gasteiger partial charge >= 0.3 is 6.03 Å². The minimum Gasteiger partial charge on any atom is -0.488 e. The number of rotatable bonds is 4. The number of morpholine rings is 1. The van der Waals surface area contributed by atoms with E-state index < -0.39 is 6.04 Å². The SMILES string of the molecule is CCNC(=O)N1C[C@@H](Oc2ccccc2)C[C@@H]1C(=O)N1CCOCC1. The lowest BCUT2D eigenvalue weighted by atomic mass is 10.1. The van der Waals surface area contributed by atoms with E-state index in [1.54, 1.807) is 9.80 Å². The van der Waals surface area contributed by atoms with Gasteiger partial charge in [-0.2, -0.15) is 0 Å². The normalized spacial score (nSPS) is 23.4. The molecule has 2 aliphatic heterocycles. The summed E-state index contributed by atoms with van der Waals surface area (Å²) in [6.07, 6.45) is 0.308. The van der Waals surface area contributed by atoms with Crippen LogP contribution in [0.4, 0.5) is 4.79 Å². The average molecular weight is 347 g/mol. The Bertz CT molecular complexity index is 589. The molecule has 0 radical (unpaired) electrons. The van der Waals surface area contributed by atoms with Gasteiger partial charge in [0, 0.05) is 26.1 Å². The molecule has 2 aliphatic rings. The molecule has 7 heteroatoms. The van der Waals surface area contributed by atoms with Crippen LogP contribution < -0.4 is 10.1 Å². The molecule has 2 heterocycles. The Kier molecular flexibility index (Phi) is 5.75. The Hall–Kier alpha value is -2.28. The van der Waals surface area contributed by atoms with E-state index in [2.05, 4.69) is 5.32 Å². The molecule has 0 aliphatic carbocycles. The molecular weight excluding hydrogens is 322 g/mol. The summed E-state index contributed by atoms with van der Waals surface area (Å²) in [6, 6.07) is 8.80. The van der Waals surface area contributed by atoms with Crippen molar-refractivity contribution in [3.8, 4) is 5.75 Å². The van der Waals surface area contributed by atoms with Gasteiger partial charge in [0.2, 0.25) is 5.91 Å². The van der Waals surface area contributed by atoms with E-state index >= 15 is 0 Å². The third kappa shape index (κ3) is 4.22. The van der Waals surface area contributed by atoms with E-state index in [0.717, 1.165) is 5.75 Å². The number of ether oxygens (including phenoxy) is 2. The van der Waals surface area contributed by atoms with Gasteiger partial charge < -0.3 is 24.6 Å². The molecule has 0 spiro atoms. The van der Waals surface area contributed by atoms with Gasteiger partial charge in [-0.3, -0.25) is 4.79 Å². The Morgan fingerprint density at radius 1 is 1.24 bits per heavy atom. The molecule has 2 saturated heterocycles. The lowest BCUT2D eigenvalue weighted by Crippen LogP contribution is -2.53. The lowest BCUT2D eigenvalue weighted by Gasteiger charge is -2.32. The molecule has 25 heavy (non-hydrogen) atoms. The minimum atomic E-state index is -0.488. The van der Waals surface area contributed by atoms with Crippen LogP contribution >= 0.6 is 0 Å². The highest BCUT2D eigenvalue weighted by Crippen LogP contribution is 2.25. The molecule has 0 unspecified atom stereocenters. The first-order valence-corrected chi connectivity index (χ1v) is 8.81. The van der Waals surface area contributed by atoms with Crippen LogP contribution in [-0.2, 0) is 9.53 Å². The summed E-state index contributed by atoms with van der Waals surface area (Å²) >= 11 is 0. The van der Waals surface area contributed by atoms with E-state index in [1.165, 1.54) is 0 Å². The number of benzene rings is 1. The van der Waals surface area contributed by atoms with Crippen molar-refractivity contribution in [2.75, 3.05) is 39.4 Å². The largest absolute Gasteiger partial charge is 0.488 e. The molecule has 0 bridgehead atoms. The number of carbonyl (C=O) groups excluding carboxylic acids is 2. The fourth-order valence-corrected chi connectivity index (χ4v) is 3.28. The van der Waals surface area contributed by atoms with Crippen LogP contribution in [-0.4, -0.2) is 73.3 Å². The van der Waals surface area contributed by atoms with Gasteiger partial charge in [0.1, 0.15) is 17.9 Å². The highest BCUT2D eigenvalue weighted by Gasteiger charge is 2.42. The molecular formula is C18H25N3O4. The molecule has 2 atom stereocenters. The molecule has 136 valence electrons. The monoisotopic (exact) mass is 347 g/mol. The first kappa shape index (κ1) is 17.5. The molecule has 0 aromatic heterocycles. The fourth-order valence-electron chi connectivity index (χ4n) is 3.28. The van der Waals surface area contributed by atoms with E-state index in [-0.39, 0.29) is 18.0 Å². The highest BCUT2D eigenvalue weighted by atomic mass is 16.5. The summed E-state index contributed by atoms with van der Waals surface area (Å²) < 4.78 is 11.3. The maximum atomic E-state index is 12.9. The Balaban J connectivity index is 1.71. The maximum Gasteiger partial charge on any atom is 0.318 e. The van der Waals surface area contributed by atoms with Crippen LogP contribution in [0.3, 0.4) is 0 Å². The Morgan fingerprint density at radius 3 is 2.64 bits per heavy atom. The molecule has 0 saturated carbocycles. The molecule has 1 aromatic carbocycles. The van der Waals surface area contributed by atoms with Gasteiger partial charge in [-0.25, -0.2) is 4.79 Å². The molecule has 3 amide bonds. The Labute approximate surface area is 147 Å². The third-order valence-electron chi connectivity index (χ3n) is 4.51. The van der Waals surface area contributed by atoms with Crippen molar-refractivity contribution in [2.45, 2.75) is 25.5 Å². The smallest absolute Gasteiger partial charge is 0.318 e. The van der Waals surface area contributed by atoms with Crippen molar-refractivity contribution < 1.29 is 19.1 Å². The van der Waals surface area contributed by atoms with Crippen molar-refractivity contribution in [2.24, 2.45) is 0 Å². The van der Waals surface area contributed by atoms with Gasteiger partial charge in [-0.05, 0) is 19.1 Å². The second kappa shape index (κ2) is 8.20. The van der Waals surface area contributed by atoms with Crippen molar-refractivity contribution in [1.29, 1.82) is 0 Å². The lowest BCUT2D eigenvalue weighted by molar-refractivity contribution is -0.139. The van der Waals surface area contributed by atoms with Gasteiger partial charge in [-0.15, -0.1) is 0 Å². The number of hydrogen-bond donors (Lipinski definition) is 1. The number of nitrogens with zero attached hydrogens (tertiary/aromatic N) is 2. The number of amides is 3. The first-order chi connectivity index (χ1) is 12.2. The van der Waals surface area contributed by atoms with Crippen molar-refractivity contribution >= 4 is 11.9 Å². The van der Waals surface area contributed by atoms with Crippen LogP contribution in [0, 0.1) is 0 Å². The van der Waals surface area contributed by atoms with Crippen LogP contribution in [0.5, 0.6) is 5.75 Å². The quantitative estimate of drug-likeness (QED) is 0.885. The standard InChI is InChI=1S/C18H25N3O4/c1-2-19-18(23)21-13-15(25-14-6-4-3-5-7-14)12-16(21)17(22)20-8-10-24-11-9-20/h3-7,15-16H,2,8-13H2,1H3,(H,19,23)/t15-,16+/m0/s1. The number of carbonyl (C=O) groups is 2. The topological polar surface area (TPSA) is 71.1 Å². The van der Waals surface area contributed by atoms with Crippen molar-refractivity contribution in [3.05, 3.63) is 30.3 Å². The zero-order valence-electron chi connectivity index (χ0n) is 14.5. The number of para-hydroxylation sites is 1. The van der Waals surface area contributed by atoms with E-state index in [0.29, 0.717) is 45.8 Å². The fraction of sp³-hybridized carbons (Fsp3) is 0.556. The molecule has 2 fully saturated rings. The average Bonchev–Trinajstić information content (AvgIpc) is 3.07. The van der Waals surface area contributed by atoms with Crippen LogP contribution in [0.1, 0.15) is 13.3 Å². The number of urea groups is 1. The van der Waals surface area contributed by atoms with Crippen LogP contribution in [0.2, 0.25) is 0 Å². The van der Waals surface area contributed by atoms with Gasteiger partial charge in [0.25, 0.3) is 0 Å². The predicted octanol–water partition coefficient (Wildman–Crippen LogP) is 1.10. The minimum absolute atomic E-state index is 0.0197. The zero-order valence-corrected chi connectivity index (χ0v) is 14.5. The molecule has 1 N–H and O–H groups in total. The van der Waals surface area contributed by atoms with Gasteiger partial charge in [0.15, 0.2) is 0 Å². The maximum absolute atomic E-state index is 12.9. The molecule has 1 aromatic rings. The second-order valence-electron chi connectivity index (χ2n) is 6.23. The van der Waals surface area contributed by atoms with E-state index in [9.17, 15) is 9.59 Å². The number of hydrogen-bond acceptors (Lipinski definition) is 4. The van der Waals surface area contributed by atoms with Crippen molar-refractivity contribution in [1.82, 2.24) is 15.1 Å². The van der Waals surface area contributed by atoms with E-state index in [1.807, 2.05) is 37.3 Å². The summed E-state index contributed by atoms with van der Waals surface area (Å²) in [7, 11) is 0. The van der Waals surface area contributed by atoms with Crippen molar-refractivity contribution in [3.63, 3.8) is 0 Å². The molecule has 3 rings (SSSR count). The summed E-state index contributed by atoms with van der Waals surface area (Å²) in [5.74, 6) is 0.733. The van der Waals surface area contributed by atoms with E-state index in [4.69, 9.17) is 9.47 Å². The summed E-state index contributed by atoms with van der Waals surface area (Å²) in [5.41, 5.74) is 0. The third-order valence-corrected chi connectivity index (χ3v) is 4.51. The van der Waals surface area contributed by atoms with Crippen LogP contribution in [0.15, 0.2) is 30.3 Å². The molecule has 7 nitrogen and oxygen atoms in total. The van der Waals surface area contributed by atoms with Gasteiger partial charge in [0.05, 0.1) is 19.8 Å². The highest BCUT2D eigenvalue weighted by molar-refractivity contribution is 5.88. The zero-order chi connectivity index (χ0) is 17.6. The summed E-state index contributed by atoms with van der Waals surface area (Å²) in [4.78, 5) is 28.7. The van der Waals surface area contributed by atoms with Crippen LogP contribution in [0.25, 0.3) is 0 Å². The summed E-state index contributed by atoms with van der Waals surface area (Å²) in [6.45, 7) is 5.03. The first-order valence-electron chi connectivity index (χ1n) is 8.81. The number of nitrogens with one attached hydrogen (secondary N) is 1. The second-order valence-corrected chi connectivity index (χ2v) is 6.23. The van der Waals surface area contributed by atoms with Gasteiger partial charge in [-0.1, -0.05) is 18.2 Å². The summed E-state index contributed by atoms with van der Waals surface area (Å²) in [5, 5.41) is 2.80. The Morgan fingerprint density at radius 2 is 1.96 bits per heavy atom.